The van der Waals surface area contributed by atoms with E-state index in [1.165, 1.54) is 12.0 Å². The molecule has 0 saturated heterocycles. The molecule has 8 unspecified atom stereocenters. The predicted octanol–water partition coefficient (Wildman–Crippen LogP) is 3.49. The minimum Gasteiger partial charge on any atom is -0.393 e. The van der Waals surface area contributed by atoms with Gasteiger partial charge in [-0.2, -0.15) is 0 Å². The highest BCUT2D eigenvalue weighted by atomic mass is 16.3. The zero-order valence-corrected chi connectivity index (χ0v) is 15.3. The van der Waals surface area contributed by atoms with E-state index < -0.39 is 0 Å². The van der Waals surface area contributed by atoms with Gasteiger partial charge >= 0.3 is 0 Å². The van der Waals surface area contributed by atoms with Crippen LogP contribution in [0.25, 0.3) is 0 Å². The number of rotatable bonds is 1. The van der Waals surface area contributed by atoms with Crippen molar-refractivity contribution >= 4 is 5.78 Å². The van der Waals surface area contributed by atoms with Crippen LogP contribution < -0.4 is 0 Å². The van der Waals surface area contributed by atoms with Crippen molar-refractivity contribution in [2.45, 2.75) is 77.9 Å². The van der Waals surface area contributed by atoms with Crippen LogP contribution in [-0.4, -0.2) is 28.2 Å². The van der Waals surface area contributed by atoms with Gasteiger partial charge in [-0.3, -0.25) is 4.79 Å². The first-order chi connectivity index (χ1) is 11.3. The van der Waals surface area contributed by atoms with Crippen molar-refractivity contribution in [3.05, 3.63) is 11.6 Å². The first-order valence-corrected chi connectivity index (χ1v) is 9.87. The highest BCUT2D eigenvalue weighted by Crippen LogP contribution is 2.66. The third kappa shape index (κ3) is 2.13. The van der Waals surface area contributed by atoms with E-state index in [1.54, 1.807) is 0 Å². The standard InChI is InChI=1S/C21H32O3/c1-12(22)16-6-7-17-15-5-4-13-10-14(23)8-9-20(13,2)19(15)18(24)11-21(16,17)3/h10,12,15-19,22,24H,4-9,11H2,1-3H3. The van der Waals surface area contributed by atoms with Gasteiger partial charge < -0.3 is 10.2 Å². The number of hydrogen-bond acceptors (Lipinski definition) is 3. The Morgan fingerprint density at radius 2 is 1.96 bits per heavy atom. The lowest BCUT2D eigenvalue weighted by molar-refractivity contribution is -0.140. The summed E-state index contributed by atoms with van der Waals surface area (Å²) in [6.07, 6.45) is 8.04. The van der Waals surface area contributed by atoms with Crippen LogP contribution in [0.2, 0.25) is 0 Å². The lowest BCUT2D eigenvalue weighted by atomic mass is 9.46. The Kier molecular flexibility index (Phi) is 3.78. The fraction of sp³-hybridized carbons (Fsp3) is 0.857. The molecule has 134 valence electrons. The van der Waals surface area contributed by atoms with Crippen molar-refractivity contribution in [3.63, 3.8) is 0 Å². The third-order valence-corrected chi connectivity index (χ3v) is 8.55. The van der Waals surface area contributed by atoms with Crippen molar-refractivity contribution in [1.29, 1.82) is 0 Å². The largest absolute Gasteiger partial charge is 0.393 e. The zero-order valence-electron chi connectivity index (χ0n) is 15.3. The molecule has 24 heavy (non-hydrogen) atoms. The predicted molar refractivity (Wildman–Crippen MR) is 93.3 cm³/mol. The van der Waals surface area contributed by atoms with E-state index in [9.17, 15) is 15.0 Å². The van der Waals surface area contributed by atoms with Crippen LogP contribution in [0.3, 0.4) is 0 Å². The molecule has 0 aliphatic heterocycles. The number of fused-ring (bicyclic) bond motifs is 5. The molecular weight excluding hydrogens is 300 g/mol. The summed E-state index contributed by atoms with van der Waals surface area (Å²) in [6.45, 7) is 6.54. The molecule has 0 aromatic rings. The summed E-state index contributed by atoms with van der Waals surface area (Å²) in [7, 11) is 0. The first-order valence-electron chi connectivity index (χ1n) is 9.87. The average Bonchev–Trinajstić information content (AvgIpc) is 2.84. The lowest BCUT2D eigenvalue weighted by Gasteiger charge is -2.60. The second kappa shape index (κ2) is 5.41. The second-order valence-electron chi connectivity index (χ2n) is 9.59. The highest BCUT2D eigenvalue weighted by molar-refractivity contribution is 5.91. The number of aliphatic hydroxyl groups is 2. The molecule has 0 aromatic heterocycles. The molecule has 0 bridgehead atoms. The van der Waals surface area contributed by atoms with Gasteiger partial charge in [-0.25, -0.2) is 0 Å². The Balaban J connectivity index is 1.71. The maximum Gasteiger partial charge on any atom is 0.155 e. The van der Waals surface area contributed by atoms with Crippen LogP contribution in [0.4, 0.5) is 0 Å². The summed E-state index contributed by atoms with van der Waals surface area (Å²) in [6, 6.07) is 0. The SMILES string of the molecule is CC(O)C1CCC2C3CCC4=CC(=O)CCC4(C)C3C(O)CC12C. The number of aliphatic hydroxyl groups excluding tert-OH is 2. The number of ketones is 1. The molecule has 2 N–H and O–H groups in total. The van der Waals surface area contributed by atoms with Crippen LogP contribution in [0.1, 0.15) is 65.7 Å². The molecule has 3 heteroatoms. The highest BCUT2D eigenvalue weighted by Gasteiger charge is 2.62. The molecule has 4 rings (SSSR count). The monoisotopic (exact) mass is 332 g/mol. The second-order valence-corrected chi connectivity index (χ2v) is 9.59. The number of hydrogen-bond donors (Lipinski definition) is 2. The van der Waals surface area contributed by atoms with Gasteiger partial charge in [0.15, 0.2) is 5.78 Å². The van der Waals surface area contributed by atoms with Gasteiger partial charge in [-0.1, -0.05) is 19.4 Å². The molecule has 3 saturated carbocycles. The van der Waals surface area contributed by atoms with Crippen molar-refractivity contribution < 1.29 is 15.0 Å². The van der Waals surface area contributed by atoms with Gasteiger partial charge in [-0.05, 0) is 86.0 Å². The van der Waals surface area contributed by atoms with E-state index >= 15 is 0 Å². The summed E-state index contributed by atoms with van der Waals surface area (Å²) in [4.78, 5) is 11.9. The van der Waals surface area contributed by atoms with E-state index in [0.29, 0.717) is 24.2 Å². The fourth-order valence-corrected chi connectivity index (χ4v) is 7.52. The van der Waals surface area contributed by atoms with Crippen LogP contribution in [0.15, 0.2) is 11.6 Å². The van der Waals surface area contributed by atoms with Gasteiger partial charge in [-0.15, -0.1) is 0 Å². The minimum atomic E-state index is -0.308. The minimum absolute atomic E-state index is 0.000487. The molecular formula is C21H32O3. The molecule has 0 radical (unpaired) electrons. The van der Waals surface area contributed by atoms with Crippen molar-refractivity contribution in [2.24, 2.45) is 34.5 Å². The van der Waals surface area contributed by atoms with Crippen molar-refractivity contribution in [2.75, 3.05) is 0 Å². The molecule has 0 aromatic carbocycles. The molecule has 0 amide bonds. The summed E-state index contributed by atoms with van der Waals surface area (Å²) >= 11 is 0. The summed E-state index contributed by atoms with van der Waals surface area (Å²) in [5.74, 6) is 2.03. The Labute approximate surface area is 145 Å². The molecule has 3 nitrogen and oxygen atoms in total. The lowest BCUT2D eigenvalue weighted by Crippen LogP contribution is -2.57. The van der Waals surface area contributed by atoms with E-state index in [4.69, 9.17) is 0 Å². The van der Waals surface area contributed by atoms with Crippen molar-refractivity contribution in [1.82, 2.24) is 0 Å². The Morgan fingerprint density at radius 3 is 2.67 bits per heavy atom. The molecule has 0 heterocycles. The smallest absolute Gasteiger partial charge is 0.155 e. The molecule has 4 aliphatic rings. The maximum absolute atomic E-state index is 11.9. The van der Waals surface area contributed by atoms with E-state index in [0.717, 1.165) is 32.1 Å². The zero-order chi connectivity index (χ0) is 17.3. The van der Waals surface area contributed by atoms with Gasteiger partial charge in [0.2, 0.25) is 0 Å². The van der Waals surface area contributed by atoms with Crippen LogP contribution in [-0.2, 0) is 4.79 Å². The van der Waals surface area contributed by atoms with E-state index in [2.05, 4.69) is 13.8 Å². The number of carbonyl (C=O) groups is 1. The van der Waals surface area contributed by atoms with Gasteiger partial charge in [0.25, 0.3) is 0 Å². The summed E-state index contributed by atoms with van der Waals surface area (Å²) in [5.41, 5.74) is 1.37. The maximum atomic E-state index is 11.9. The van der Waals surface area contributed by atoms with E-state index in [1.807, 2.05) is 13.0 Å². The Hall–Kier alpha value is -0.670. The van der Waals surface area contributed by atoms with Crippen LogP contribution in [0.5, 0.6) is 0 Å². The Morgan fingerprint density at radius 1 is 1.21 bits per heavy atom. The van der Waals surface area contributed by atoms with Gasteiger partial charge in [0.05, 0.1) is 12.2 Å². The number of carbonyl (C=O) groups excluding carboxylic acids is 1. The number of allylic oxidation sites excluding steroid dienone is 1. The molecule has 0 spiro atoms. The molecule has 3 fully saturated rings. The quantitative estimate of drug-likeness (QED) is 0.773. The third-order valence-electron chi connectivity index (χ3n) is 8.55. The van der Waals surface area contributed by atoms with E-state index in [-0.39, 0.29) is 34.7 Å². The topological polar surface area (TPSA) is 57.5 Å². The van der Waals surface area contributed by atoms with Crippen LogP contribution >= 0.6 is 0 Å². The molecule has 4 aliphatic carbocycles. The summed E-state index contributed by atoms with van der Waals surface area (Å²) < 4.78 is 0. The average molecular weight is 332 g/mol. The van der Waals surface area contributed by atoms with Gasteiger partial charge in [0, 0.05) is 6.42 Å². The molecule has 8 atom stereocenters. The van der Waals surface area contributed by atoms with Crippen LogP contribution in [0, 0.1) is 34.5 Å². The Bertz CT molecular complexity index is 580. The summed E-state index contributed by atoms with van der Waals surface area (Å²) in [5, 5.41) is 21.5. The van der Waals surface area contributed by atoms with Crippen molar-refractivity contribution in [3.8, 4) is 0 Å². The fourth-order valence-electron chi connectivity index (χ4n) is 7.52. The first kappa shape index (κ1) is 16.8. The normalized spacial score (nSPS) is 52.1. The van der Waals surface area contributed by atoms with Gasteiger partial charge in [0.1, 0.15) is 0 Å².